The zero-order valence-electron chi connectivity index (χ0n) is 23.4. The number of ether oxygens (including phenoxy) is 6. The van der Waals surface area contributed by atoms with E-state index in [0.29, 0.717) is 16.0 Å². The number of hydrogen-bond acceptors (Lipinski definition) is 14. The van der Waals surface area contributed by atoms with Crippen LogP contribution in [0.2, 0.25) is 0 Å². The zero-order chi connectivity index (χ0) is 31.1. The van der Waals surface area contributed by atoms with Gasteiger partial charge >= 0.3 is 23.9 Å². The van der Waals surface area contributed by atoms with Crippen molar-refractivity contribution in [3.05, 3.63) is 50.6 Å². The highest BCUT2D eigenvalue weighted by molar-refractivity contribution is 7.71. The molecule has 0 spiro atoms. The second kappa shape index (κ2) is 13.9. The molecule has 0 aliphatic carbocycles. The predicted octanol–water partition coefficient (Wildman–Crippen LogP) is 0.923. The normalized spacial score (nSPS) is 21.8. The summed E-state index contributed by atoms with van der Waals surface area (Å²) in [5.74, 6) is 3.51. The average molecular weight is 607 g/mol. The Hall–Kier alpha value is -4.57. The second-order valence-electron chi connectivity index (χ2n) is 8.98. The van der Waals surface area contributed by atoms with E-state index in [9.17, 15) is 24.0 Å². The Balaban J connectivity index is 2.17. The third-order valence-corrected chi connectivity index (χ3v) is 6.20. The van der Waals surface area contributed by atoms with Crippen LogP contribution >= 0.6 is 12.2 Å². The third kappa shape index (κ3) is 7.79. The zero-order valence-corrected chi connectivity index (χ0v) is 24.2. The number of hydrogen-bond donors (Lipinski definition) is 1. The molecule has 42 heavy (non-hydrogen) atoms. The highest BCUT2D eigenvalue weighted by Gasteiger charge is 2.53. The van der Waals surface area contributed by atoms with Crippen LogP contribution in [0.3, 0.4) is 0 Å². The topological polar surface area (TPSA) is 190 Å². The quantitative estimate of drug-likeness (QED) is 0.183. The maximum absolute atomic E-state index is 12.9. The van der Waals surface area contributed by atoms with Gasteiger partial charge in [0.1, 0.15) is 18.5 Å². The summed E-state index contributed by atoms with van der Waals surface area (Å²) in [5, 5.41) is 4.31. The first kappa shape index (κ1) is 32.0. The molecule has 1 aliphatic heterocycles. The molecular weight excluding hydrogens is 576 g/mol. The number of esters is 4. The number of carbonyl (C=O) groups is 4. The van der Waals surface area contributed by atoms with Gasteiger partial charge in [0.25, 0.3) is 5.56 Å². The van der Waals surface area contributed by atoms with Crippen LogP contribution in [0.4, 0.5) is 0 Å². The summed E-state index contributed by atoms with van der Waals surface area (Å²) < 4.78 is 33.8. The van der Waals surface area contributed by atoms with Crippen LogP contribution in [0.25, 0.3) is 12.2 Å². The molecule has 5 atom stereocenters. The van der Waals surface area contributed by atoms with E-state index in [1.165, 1.54) is 13.2 Å². The van der Waals surface area contributed by atoms with Gasteiger partial charge in [-0.25, -0.2) is 4.68 Å². The van der Waals surface area contributed by atoms with Crippen molar-refractivity contribution in [3.8, 4) is 5.75 Å². The van der Waals surface area contributed by atoms with Gasteiger partial charge in [-0.3, -0.25) is 24.0 Å². The van der Waals surface area contributed by atoms with Crippen molar-refractivity contribution in [1.82, 2.24) is 14.5 Å². The Kier molecular flexibility index (Phi) is 10.5. The summed E-state index contributed by atoms with van der Waals surface area (Å²) in [7, 11) is 1.53. The monoisotopic (exact) mass is 606 g/mol. The Morgan fingerprint density at radius 3 is 2.05 bits per heavy atom. The van der Waals surface area contributed by atoms with Crippen LogP contribution in [-0.4, -0.2) is 76.5 Å². The molecule has 3 rings (SSSR count). The van der Waals surface area contributed by atoms with Crippen molar-refractivity contribution in [3.63, 3.8) is 0 Å². The molecular formula is C26H30N4O11S. The standard InChI is InChI=1S/C26H30N4O11S/c1-13(31)37-12-20-21(38-14(2)32)22(39-15(3)33)23(40-16(4)34)25(41-20)30-26(42)29(27)24(35)19(28-30)11-8-17-6-9-18(36-5)10-7-17/h6-11,20-23,25H,12,27H2,1-5H3/b11-8-/t20-,21+,22+,23+,25-/m1/s1. The van der Waals surface area contributed by atoms with Gasteiger partial charge in [-0.15, -0.1) is 0 Å². The maximum atomic E-state index is 12.9. The van der Waals surface area contributed by atoms with Gasteiger partial charge in [0.2, 0.25) is 4.77 Å². The van der Waals surface area contributed by atoms with Gasteiger partial charge in [-0.1, -0.05) is 18.2 Å². The highest BCUT2D eigenvalue weighted by atomic mass is 32.1. The molecule has 0 bridgehead atoms. The van der Waals surface area contributed by atoms with Crippen molar-refractivity contribution in [2.75, 3.05) is 19.6 Å². The Morgan fingerprint density at radius 1 is 0.929 bits per heavy atom. The number of nitrogens with zero attached hydrogens (tertiary/aromatic N) is 3. The van der Waals surface area contributed by atoms with Crippen LogP contribution in [0.1, 0.15) is 45.2 Å². The van der Waals surface area contributed by atoms with Gasteiger partial charge in [0, 0.05) is 27.7 Å². The van der Waals surface area contributed by atoms with E-state index in [1.807, 2.05) is 0 Å². The van der Waals surface area contributed by atoms with Crippen molar-refractivity contribution in [1.29, 1.82) is 0 Å². The lowest BCUT2D eigenvalue weighted by atomic mass is 9.97. The molecule has 2 aromatic rings. The lowest BCUT2D eigenvalue weighted by Gasteiger charge is -2.44. The minimum atomic E-state index is -1.51. The molecule has 0 unspecified atom stereocenters. The Labute approximate surface area is 244 Å². The van der Waals surface area contributed by atoms with E-state index >= 15 is 0 Å². The van der Waals surface area contributed by atoms with E-state index < -0.39 is 66.7 Å². The predicted molar refractivity (Wildman–Crippen MR) is 147 cm³/mol. The fourth-order valence-corrected chi connectivity index (χ4v) is 4.31. The van der Waals surface area contributed by atoms with Crippen LogP contribution in [0.5, 0.6) is 5.75 Å². The first-order valence-electron chi connectivity index (χ1n) is 12.5. The SMILES string of the molecule is COc1ccc(/C=C\c2nn([C@@H]3O[C@H](COC(C)=O)[C@H](OC(C)=O)[C@H](OC(C)=O)[C@@H]3OC(C)=O)c(=S)n(N)c2=O)cc1. The van der Waals surface area contributed by atoms with Gasteiger partial charge < -0.3 is 34.3 Å². The molecule has 1 aromatic carbocycles. The molecule has 2 heterocycles. The number of nitrogen functional groups attached to an aromatic ring is 1. The van der Waals surface area contributed by atoms with Crippen LogP contribution in [0, 0.1) is 4.77 Å². The molecule has 1 fully saturated rings. The lowest BCUT2D eigenvalue weighted by molar-refractivity contribution is -0.271. The summed E-state index contributed by atoms with van der Waals surface area (Å²) in [6.45, 7) is 3.97. The van der Waals surface area contributed by atoms with E-state index in [4.69, 9.17) is 46.5 Å². The van der Waals surface area contributed by atoms with Crippen molar-refractivity contribution < 1.29 is 47.6 Å². The average Bonchev–Trinajstić information content (AvgIpc) is 2.92. The Morgan fingerprint density at radius 2 is 1.50 bits per heavy atom. The summed E-state index contributed by atoms with van der Waals surface area (Å²) in [6, 6.07) is 6.92. The van der Waals surface area contributed by atoms with Crippen LogP contribution in [0.15, 0.2) is 29.1 Å². The fraction of sp³-hybridized carbons (Fsp3) is 0.423. The maximum Gasteiger partial charge on any atom is 0.303 e. The summed E-state index contributed by atoms with van der Waals surface area (Å²) in [5.41, 5.74) is -0.247. The van der Waals surface area contributed by atoms with E-state index in [1.54, 1.807) is 30.3 Å². The molecule has 0 radical (unpaired) electrons. The number of rotatable bonds is 9. The minimum absolute atomic E-state index is 0.185. The molecule has 1 aliphatic rings. The molecule has 0 saturated carbocycles. The van der Waals surface area contributed by atoms with Gasteiger partial charge in [0.05, 0.1) is 7.11 Å². The molecule has 0 amide bonds. The van der Waals surface area contributed by atoms with Crippen molar-refractivity contribution >= 4 is 48.2 Å². The van der Waals surface area contributed by atoms with Crippen LogP contribution in [-0.2, 0) is 42.9 Å². The summed E-state index contributed by atoms with van der Waals surface area (Å²) >= 11 is 5.37. The number of nitrogens with two attached hydrogens (primary N) is 1. The number of aromatic nitrogens is 3. The number of methoxy groups -OCH3 is 1. The van der Waals surface area contributed by atoms with Crippen molar-refractivity contribution in [2.24, 2.45) is 0 Å². The first-order valence-corrected chi connectivity index (χ1v) is 12.9. The highest BCUT2D eigenvalue weighted by Crippen LogP contribution is 2.34. The molecule has 15 nitrogen and oxygen atoms in total. The smallest absolute Gasteiger partial charge is 0.303 e. The van der Waals surface area contributed by atoms with Gasteiger partial charge in [-0.05, 0) is 36.0 Å². The summed E-state index contributed by atoms with van der Waals surface area (Å²) in [4.78, 5) is 60.8. The van der Waals surface area contributed by atoms with Gasteiger partial charge in [0.15, 0.2) is 30.2 Å². The first-order chi connectivity index (χ1) is 19.8. The van der Waals surface area contributed by atoms with Gasteiger partial charge in [-0.2, -0.15) is 9.77 Å². The fourth-order valence-electron chi connectivity index (χ4n) is 4.09. The Bertz CT molecular complexity index is 1480. The number of carbonyl (C=O) groups excluding carboxylic acids is 4. The molecule has 1 aromatic heterocycles. The van der Waals surface area contributed by atoms with E-state index in [2.05, 4.69) is 5.10 Å². The van der Waals surface area contributed by atoms with E-state index in [0.717, 1.165) is 32.4 Å². The second-order valence-corrected chi connectivity index (χ2v) is 9.35. The van der Waals surface area contributed by atoms with Crippen LogP contribution < -0.4 is 16.1 Å². The summed E-state index contributed by atoms with van der Waals surface area (Å²) in [6.07, 6.45) is -4.18. The number of benzene rings is 1. The largest absolute Gasteiger partial charge is 0.497 e. The van der Waals surface area contributed by atoms with E-state index in [-0.39, 0.29) is 10.5 Å². The third-order valence-electron chi connectivity index (χ3n) is 5.81. The molecule has 2 N–H and O–H groups in total. The van der Waals surface area contributed by atoms with Crippen molar-refractivity contribution in [2.45, 2.75) is 58.3 Å². The molecule has 226 valence electrons. The minimum Gasteiger partial charge on any atom is -0.497 e. The lowest BCUT2D eigenvalue weighted by Crippen LogP contribution is -2.61. The molecule has 16 heteroatoms. The molecule has 1 saturated heterocycles.